The Labute approximate surface area is 123 Å². The summed E-state index contributed by atoms with van der Waals surface area (Å²) in [7, 11) is 0. The molecule has 0 atom stereocenters. The van der Waals surface area contributed by atoms with Crippen LogP contribution in [-0.4, -0.2) is 51.0 Å². The molecule has 1 N–H and O–H groups in total. The van der Waals surface area contributed by atoms with Crippen molar-refractivity contribution in [3.05, 3.63) is 5.82 Å². The molecule has 0 aromatic carbocycles. The molecule has 9 heteroatoms. The van der Waals surface area contributed by atoms with Crippen molar-refractivity contribution in [3.8, 4) is 0 Å². The molecule has 21 heavy (non-hydrogen) atoms. The highest BCUT2D eigenvalue weighted by Gasteiger charge is 2.16. The van der Waals surface area contributed by atoms with Crippen molar-refractivity contribution in [1.29, 1.82) is 0 Å². The van der Waals surface area contributed by atoms with Crippen molar-refractivity contribution in [2.75, 3.05) is 13.2 Å². The van der Waals surface area contributed by atoms with Crippen molar-refractivity contribution in [2.24, 2.45) is 0 Å². The minimum absolute atomic E-state index is 0.0830. The summed E-state index contributed by atoms with van der Waals surface area (Å²) < 4.78 is 9.86. The molecule has 1 aromatic heterocycles. The number of tetrazole rings is 1. The number of aromatic nitrogens is 4. The summed E-state index contributed by atoms with van der Waals surface area (Å²) in [6.45, 7) is 7.63. The van der Waals surface area contributed by atoms with Crippen LogP contribution in [0, 0.1) is 0 Å². The minimum Gasteiger partial charge on any atom is -0.465 e. The summed E-state index contributed by atoms with van der Waals surface area (Å²) in [4.78, 5) is 23.8. The molecular weight excluding hydrogens is 278 g/mol. The van der Waals surface area contributed by atoms with Crippen molar-refractivity contribution >= 4 is 12.1 Å². The van der Waals surface area contributed by atoms with Crippen molar-refractivity contribution in [2.45, 2.75) is 46.3 Å². The van der Waals surface area contributed by atoms with Gasteiger partial charge in [-0.3, -0.25) is 0 Å². The van der Waals surface area contributed by atoms with Gasteiger partial charge in [-0.2, -0.15) is 4.80 Å². The molecule has 0 saturated carbocycles. The van der Waals surface area contributed by atoms with Crippen molar-refractivity contribution in [1.82, 2.24) is 25.5 Å². The summed E-state index contributed by atoms with van der Waals surface area (Å²) in [5, 5.41) is 14.1. The second kappa shape index (κ2) is 7.55. The highest BCUT2D eigenvalue weighted by Crippen LogP contribution is 2.06. The van der Waals surface area contributed by atoms with Crippen LogP contribution in [0.4, 0.5) is 4.79 Å². The first-order chi connectivity index (χ1) is 9.80. The summed E-state index contributed by atoms with van der Waals surface area (Å²) in [6.07, 6.45) is -0.108. The average molecular weight is 299 g/mol. The maximum atomic E-state index is 11.4. The highest BCUT2D eigenvalue weighted by molar-refractivity contribution is 5.68. The van der Waals surface area contributed by atoms with Gasteiger partial charge in [-0.25, -0.2) is 9.59 Å². The molecule has 1 aromatic rings. The number of rotatable bonds is 6. The lowest BCUT2D eigenvalue weighted by molar-refractivity contribution is -0.144. The minimum atomic E-state index is -0.537. The largest absolute Gasteiger partial charge is 0.465 e. The standard InChI is InChI=1S/C12H21N5O4/c1-5-20-10(18)8-17-15-9(14-16-17)6-7-13-11(19)21-12(2,3)4/h5-8H2,1-4H3,(H,13,19). The summed E-state index contributed by atoms with van der Waals surface area (Å²) in [6, 6.07) is 0. The van der Waals surface area contributed by atoms with Gasteiger partial charge in [-0.05, 0) is 32.9 Å². The van der Waals surface area contributed by atoms with Gasteiger partial charge in [0.1, 0.15) is 5.60 Å². The molecule has 0 spiro atoms. The maximum Gasteiger partial charge on any atom is 0.407 e. The van der Waals surface area contributed by atoms with E-state index in [0.717, 1.165) is 4.80 Å². The van der Waals surface area contributed by atoms with Gasteiger partial charge in [-0.1, -0.05) is 0 Å². The quantitative estimate of drug-likeness (QED) is 0.753. The van der Waals surface area contributed by atoms with Gasteiger partial charge in [0.05, 0.1) is 6.61 Å². The number of carbonyl (C=O) groups excluding carboxylic acids is 2. The third kappa shape index (κ3) is 7.23. The van der Waals surface area contributed by atoms with Crippen LogP contribution in [0.5, 0.6) is 0 Å². The summed E-state index contributed by atoms with van der Waals surface area (Å²) >= 11 is 0. The van der Waals surface area contributed by atoms with E-state index in [-0.39, 0.29) is 6.54 Å². The Balaban J connectivity index is 2.32. The second-order valence-corrected chi connectivity index (χ2v) is 5.22. The fourth-order valence-corrected chi connectivity index (χ4v) is 1.36. The van der Waals surface area contributed by atoms with Crippen LogP contribution in [0.3, 0.4) is 0 Å². The zero-order chi connectivity index (χ0) is 15.9. The van der Waals surface area contributed by atoms with Gasteiger partial charge in [0.15, 0.2) is 12.4 Å². The van der Waals surface area contributed by atoms with E-state index in [4.69, 9.17) is 9.47 Å². The molecule has 118 valence electrons. The molecule has 9 nitrogen and oxygen atoms in total. The number of esters is 1. The van der Waals surface area contributed by atoms with E-state index in [1.54, 1.807) is 27.7 Å². The molecule has 0 aliphatic carbocycles. The van der Waals surface area contributed by atoms with Crippen molar-refractivity contribution in [3.63, 3.8) is 0 Å². The van der Waals surface area contributed by atoms with Gasteiger partial charge in [0, 0.05) is 13.0 Å². The third-order valence-electron chi connectivity index (χ3n) is 2.09. The van der Waals surface area contributed by atoms with E-state index < -0.39 is 17.7 Å². The van der Waals surface area contributed by atoms with Crippen LogP contribution in [0.1, 0.15) is 33.5 Å². The molecule has 1 amide bonds. The predicted octanol–water partition coefficient (Wildman–Crippen LogP) is 0.303. The Morgan fingerprint density at radius 3 is 2.67 bits per heavy atom. The lowest BCUT2D eigenvalue weighted by Gasteiger charge is -2.19. The van der Waals surface area contributed by atoms with Crippen LogP contribution >= 0.6 is 0 Å². The maximum absolute atomic E-state index is 11.4. The van der Waals surface area contributed by atoms with E-state index in [1.165, 1.54) is 0 Å². The number of hydrogen-bond acceptors (Lipinski definition) is 7. The number of carbonyl (C=O) groups is 2. The zero-order valence-electron chi connectivity index (χ0n) is 12.8. The molecule has 0 aliphatic heterocycles. The predicted molar refractivity (Wildman–Crippen MR) is 72.4 cm³/mol. The lowest BCUT2D eigenvalue weighted by Crippen LogP contribution is -2.33. The molecule has 0 bridgehead atoms. The number of nitrogens with zero attached hydrogens (tertiary/aromatic N) is 4. The van der Waals surface area contributed by atoms with Gasteiger partial charge in [0.25, 0.3) is 0 Å². The average Bonchev–Trinajstić information content (AvgIpc) is 2.74. The van der Waals surface area contributed by atoms with E-state index in [2.05, 4.69) is 20.7 Å². The first kappa shape index (κ1) is 16.9. The molecule has 1 heterocycles. The zero-order valence-corrected chi connectivity index (χ0v) is 12.8. The Kier molecular flexibility index (Phi) is 6.07. The monoisotopic (exact) mass is 299 g/mol. The van der Waals surface area contributed by atoms with E-state index >= 15 is 0 Å². The first-order valence-electron chi connectivity index (χ1n) is 6.69. The molecule has 0 unspecified atom stereocenters. The molecule has 0 aliphatic rings. The topological polar surface area (TPSA) is 108 Å². The Hall–Kier alpha value is -2.19. The molecule has 1 rings (SSSR count). The van der Waals surface area contributed by atoms with E-state index in [1.807, 2.05) is 0 Å². The van der Waals surface area contributed by atoms with E-state index in [0.29, 0.717) is 25.4 Å². The molecule has 0 fully saturated rings. The van der Waals surface area contributed by atoms with Gasteiger partial charge < -0.3 is 14.8 Å². The Morgan fingerprint density at radius 1 is 1.33 bits per heavy atom. The van der Waals surface area contributed by atoms with Crippen LogP contribution in [0.15, 0.2) is 0 Å². The molecular formula is C12H21N5O4. The van der Waals surface area contributed by atoms with E-state index in [9.17, 15) is 9.59 Å². The number of amides is 1. The van der Waals surface area contributed by atoms with Crippen LogP contribution in [0.25, 0.3) is 0 Å². The third-order valence-corrected chi connectivity index (χ3v) is 2.09. The van der Waals surface area contributed by atoms with Crippen LogP contribution in [0.2, 0.25) is 0 Å². The number of hydrogen-bond donors (Lipinski definition) is 1. The number of nitrogens with one attached hydrogen (secondary N) is 1. The van der Waals surface area contributed by atoms with Crippen LogP contribution < -0.4 is 5.32 Å². The molecule has 0 saturated heterocycles. The first-order valence-corrected chi connectivity index (χ1v) is 6.69. The number of alkyl carbamates (subject to hydrolysis) is 1. The highest BCUT2D eigenvalue weighted by atomic mass is 16.6. The second-order valence-electron chi connectivity index (χ2n) is 5.22. The lowest BCUT2D eigenvalue weighted by atomic mass is 10.2. The summed E-state index contributed by atoms with van der Waals surface area (Å²) in [5.74, 6) is 0.00341. The smallest absolute Gasteiger partial charge is 0.407 e. The summed E-state index contributed by atoms with van der Waals surface area (Å²) in [5.41, 5.74) is -0.537. The Bertz CT molecular complexity index is 480. The van der Waals surface area contributed by atoms with Gasteiger partial charge >= 0.3 is 12.1 Å². The normalized spacial score (nSPS) is 11.0. The van der Waals surface area contributed by atoms with Gasteiger partial charge in [0.2, 0.25) is 0 Å². The van der Waals surface area contributed by atoms with Crippen LogP contribution in [-0.2, 0) is 27.2 Å². The Morgan fingerprint density at radius 2 is 2.05 bits per heavy atom. The fraction of sp³-hybridized carbons (Fsp3) is 0.750. The molecule has 0 radical (unpaired) electrons. The van der Waals surface area contributed by atoms with Crippen molar-refractivity contribution < 1.29 is 19.1 Å². The number of ether oxygens (including phenoxy) is 2. The fourth-order valence-electron chi connectivity index (χ4n) is 1.36. The van der Waals surface area contributed by atoms with Gasteiger partial charge in [-0.15, -0.1) is 10.2 Å². The SMILES string of the molecule is CCOC(=O)Cn1nnc(CCNC(=O)OC(C)(C)C)n1.